The first-order chi connectivity index (χ1) is 9.15. The molecule has 106 valence electrons. The Kier molecular flexibility index (Phi) is 5.02. The molecule has 1 unspecified atom stereocenters. The molecule has 2 heterocycles. The van der Waals surface area contributed by atoms with E-state index in [1.807, 2.05) is 6.07 Å². The molecule has 2 rings (SSSR count). The van der Waals surface area contributed by atoms with Gasteiger partial charge in [0.25, 0.3) is 0 Å². The SMILES string of the molecule is CCC1CN(C)CCCN1c1ncc(CO)cc1Cl. The molecular weight excluding hydrogens is 262 g/mol. The zero-order valence-electron chi connectivity index (χ0n) is 11.6. The van der Waals surface area contributed by atoms with Crippen molar-refractivity contribution in [2.45, 2.75) is 32.4 Å². The number of pyridine rings is 1. The summed E-state index contributed by atoms with van der Waals surface area (Å²) in [6.07, 6.45) is 3.90. The van der Waals surface area contributed by atoms with Crippen LogP contribution in [0.25, 0.3) is 0 Å². The van der Waals surface area contributed by atoms with Crippen LogP contribution < -0.4 is 4.90 Å². The Balaban J connectivity index is 2.27. The summed E-state index contributed by atoms with van der Waals surface area (Å²) in [5.74, 6) is 0.848. The van der Waals surface area contributed by atoms with Gasteiger partial charge in [0.1, 0.15) is 5.82 Å². The molecule has 0 aliphatic carbocycles. The lowest BCUT2D eigenvalue weighted by Crippen LogP contribution is -2.40. The highest BCUT2D eigenvalue weighted by Gasteiger charge is 2.24. The molecule has 0 aromatic carbocycles. The molecule has 0 saturated carbocycles. The van der Waals surface area contributed by atoms with E-state index in [-0.39, 0.29) is 6.61 Å². The minimum absolute atomic E-state index is 0.0209. The van der Waals surface area contributed by atoms with Gasteiger partial charge in [-0.15, -0.1) is 0 Å². The second kappa shape index (κ2) is 6.55. The Bertz CT molecular complexity index is 427. The lowest BCUT2D eigenvalue weighted by Gasteiger charge is -2.31. The van der Waals surface area contributed by atoms with Crippen LogP contribution in [-0.2, 0) is 6.61 Å². The van der Waals surface area contributed by atoms with E-state index in [0.29, 0.717) is 11.1 Å². The fraction of sp³-hybridized carbons (Fsp3) is 0.643. The van der Waals surface area contributed by atoms with Crippen LogP contribution in [-0.4, -0.2) is 47.7 Å². The fourth-order valence-corrected chi connectivity index (χ4v) is 2.94. The van der Waals surface area contributed by atoms with Gasteiger partial charge in [-0.05, 0) is 38.1 Å². The first-order valence-electron chi connectivity index (χ1n) is 6.86. The van der Waals surface area contributed by atoms with Crippen LogP contribution in [0.3, 0.4) is 0 Å². The van der Waals surface area contributed by atoms with E-state index in [1.165, 1.54) is 0 Å². The molecule has 0 radical (unpaired) electrons. The van der Waals surface area contributed by atoms with E-state index < -0.39 is 0 Å². The van der Waals surface area contributed by atoms with E-state index in [2.05, 4.69) is 28.8 Å². The molecule has 1 fully saturated rings. The molecule has 0 spiro atoms. The van der Waals surface area contributed by atoms with Gasteiger partial charge >= 0.3 is 0 Å². The van der Waals surface area contributed by atoms with Gasteiger partial charge in [0, 0.05) is 25.3 Å². The smallest absolute Gasteiger partial charge is 0.147 e. The first kappa shape index (κ1) is 14.6. The molecule has 1 aromatic rings. The van der Waals surface area contributed by atoms with Crippen molar-refractivity contribution in [1.29, 1.82) is 0 Å². The summed E-state index contributed by atoms with van der Waals surface area (Å²) >= 11 is 6.32. The quantitative estimate of drug-likeness (QED) is 0.923. The summed E-state index contributed by atoms with van der Waals surface area (Å²) in [4.78, 5) is 9.13. The highest BCUT2D eigenvalue weighted by Crippen LogP contribution is 2.28. The zero-order chi connectivity index (χ0) is 13.8. The molecular formula is C14H22ClN3O. The number of hydrogen-bond donors (Lipinski definition) is 1. The van der Waals surface area contributed by atoms with Crippen molar-refractivity contribution in [2.24, 2.45) is 0 Å². The predicted octanol–water partition coefficient (Wildman–Crippen LogP) is 2.15. The molecule has 0 bridgehead atoms. The Morgan fingerprint density at radius 2 is 2.26 bits per heavy atom. The van der Waals surface area contributed by atoms with E-state index in [9.17, 15) is 0 Å². The van der Waals surface area contributed by atoms with Gasteiger partial charge < -0.3 is 14.9 Å². The number of aliphatic hydroxyl groups excluding tert-OH is 1. The lowest BCUT2D eigenvalue weighted by molar-refractivity contribution is 0.281. The molecule has 4 nitrogen and oxygen atoms in total. The van der Waals surface area contributed by atoms with Gasteiger partial charge in [-0.3, -0.25) is 0 Å². The zero-order valence-corrected chi connectivity index (χ0v) is 12.4. The van der Waals surface area contributed by atoms with Crippen LogP contribution >= 0.6 is 11.6 Å². The predicted molar refractivity (Wildman–Crippen MR) is 78.7 cm³/mol. The topological polar surface area (TPSA) is 39.6 Å². The van der Waals surface area contributed by atoms with Crippen LogP contribution in [0.1, 0.15) is 25.3 Å². The molecule has 0 amide bonds. The summed E-state index contributed by atoms with van der Waals surface area (Å²) in [6, 6.07) is 2.25. The fourth-order valence-electron chi connectivity index (χ4n) is 2.64. The summed E-state index contributed by atoms with van der Waals surface area (Å²) in [5, 5.41) is 9.76. The summed E-state index contributed by atoms with van der Waals surface area (Å²) in [6.45, 7) is 5.31. The minimum atomic E-state index is -0.0209. The van der Waals surface area contributed by atoms with Crippen molar-refractivity contribution in [3.63, 3.8) is 0 Å². The Hall–Kier alpha value is -0.840. The van der Waals surface area contributed by atoms with Crippen molar-refractivity contribution < 1.29 is 5.11 Å². The van der Waals surface area contributed by atoms with Crippen LogP contribution in [0.2, 0.25) is 5.02 Å². The number of hydrogen-bond acceptors (Lipinski definition) is 4. The summed E-state index contributed by atoms with van der Waals surface area (Å²) < 4.78 is 0. The highest BCUT2D eigenvalue weighted by molar-refractivity contribution is 6.33. The van der Waals surface area contributed by atoms with Gasteiger partial charge in [-0.2, -0.15) is 0 Å². The van der Waals surface area contributed by atoms with Crippen molar-refractivity contribution >= 4 is 17.4 Å². The average Bonchev–Trinajstić information content (AvgIpc) is 2.60. The van der Waals surface area contributed by atoms with Gasteiger partial charge in [0.05, 0.1) is 11.6 Å². The third-order valence-electron chi connectivity index (χ3n) is 3.71. The molecule has 5 heteroatoms. The highest BCUT2D eigenvalue weighted by atomic mass is 35.5. The Morgan fingerprint density at radius 1 is 1.47 bits per heavy atom. The van der Waals surface area contributed by atoms with E-state index in [0.717, 1.165) is 43.9 Å². The molecule has 1 aromatic heterocycles. The first-order valence-corrected chi connectivity index (χ1v) is 7.24. The maximum atomic E-state index is 9.12. The van der Waals surface area contributed by atoms with Gasteiger partial charge in [0.2, 0.25) is 0 Å². The molecule has 1 N–H and O–H groups in total. The van der Waals surface area contributed by atoms with Crippen LogP contribution in [0, 0.1) is 0 Å². The Labute approximate surface area is 120 Å². The number of halogens is 1. The number of anilines is 1. The maximum absolute atomic E-state index is 9.12. The van der Waals surface area contributed by atoms with Crippen LogP contribution in [0.4, 0.5) is 5.82 Å². The average molecular weight is 284 g/mol. The summed E-state index contributed by atoms with van der Waals surface area (Å²) in [7, 11) is 2.16. The van der Waals surface area contributed by atoms with Crippen molar-refractivity contribution in [3.05, 3.63) is 22.8 Å². The Morgan fingerprint density at radius 3 is 2.89 bits per heavy atom. The van der Waals surface area contributed by atoms with Crippen molar-refractivity contribution in [3.8, 4) is 0 Å². The molecule has 1 saturated heterocycles. The minimum Gasteiger partial charge on any atom is -0.392 e. The molecule has 1 aliphatic heterocycles. The van der Waals surface area contributed by atoms with Gasteiger partial charge in [-0.1, -0.05) is 18.5 Å². The lowest BCUT2D eigenvalue weighted by atomic mass is 10.1. The summed E-state index contributed by atoms with van der Waals surface area (Å²) in [5.41, 5.74) is 0.758. The number of rotatable bonds is 3. The van der Waals surface area contributed by atoms with E-state index >= 15 is 0 Å². The van der Waals surface area contributed by atoms with Crippen LogP contribution in [0.5, 0.6) is 0 Å². The largest absolute Gasteiger partial charge is 0.392 e. The van der Waals surface area contributed by atoms with Crippen molar-refractivity contribution in [2.75, 3.05) is 31.6 Å². The number of likely N-dealkylation sites (N-methyl/N-ethyl adjacent to an activating group) is 1. The number of aliphatic hydroxyl groups is 1. The van der Waals surface area contributed by atoms with Gasteiger partial charge in [-0.25, -0.2) is 4.98 Å². The standard InChI is InChI=1S/C14H22ClN3O/c1-3-12-9-17(2)5-4-6-18(12)14-13(15)7-11(10-19)8-16-14/h7-8,12,19H,3-6,9-10H2,1-2H3. The third-order valence-corrected chi connectivity index (χ3v) is 3.98. The van der Waals surface area contributed by atoms with Crippen LogP contribution in [0.15, 0.2) is 12.3 Å². The monoisotopic (exact) mass is 283 g/mol. The number of aromatic nitrogens is 1. The third kappa shape index (κ3) is 3.38. The normalized spacial score (nSPS) is 21.5. The number of nitrogens with zero attached hydrogens (tertiary/aromatic N) is 3. The van der Waals surface area contributed by atoms with Gasteiger partial charge in [0.15, 0.2) is 0 Å². The van der Waals surface area contributed by atoms with Crippen molar-refractivity contribution in [1.82, 2.24) is 9.88 Å². The van der Waals surface area contributed by atoms with E-state index in [4.69, 9.17) is 16.7 Å². The second-order valence-corrected chi connectivity index (χ2v) is 5.59. The molecule has 1 aliphatic rings. The molecule has 1 atom stereocenters. The molecule has 19 heavy (non-hydrogen) atoms. The maximum Gasteiger partial charge on any atom is 0.147 e. The van der Waals surface area contributed by atoms with E-state index in [1.54, 1.807) is 6.20 Å². The second-order valence-electron chi connectivity index (χ2n) is 5.18.